The number of hydrogen-bond acceptors (Lipinski definition) is 3. The number of imidazole rings is 1. The van der Waals surface area contributed by atoms with Crippen molar-refractivity contribution < 1.29 is 13.6 Å². The number of nitrogens with one attached hydrogen (secondary N) is 1. The Morgan fingerprint density at radius 1 is 1.19 bits per heavy atom. The molecule has 0 radical (unpaired) electrons. The second-order valence-electron chi connectivity index (χ2n) is 7.50. The monoisotopic (exact) mass is 360 g/mol. The summed E-state index contributed by atoms with van der Waals surface area (Å²) < 4.78 is 26.6. The molecule has 1 amide bonds. The van der Waals surface area contributed by atoms with Crippen molar-refractivity contribution in [2.24, 2.45) is 5.41 Å². The van der Waals surface area contributed by atoms with Crippen molar-refractivity contribution in [2.75, 3.05) is 26.2 Å². The van der Waals surface area contributed by atoms with Gasteiger partial charge in [0.25, 0.3) is 5.91 Å². The molecule has 0 bridgehead atoms. The molecule has 2 fully saturated rings. The van der Waals surface area contributed by atoms with Crippen LogP contribution in [0.5, 0.6) is 0 Å². The fourth-order valence-corrected chi connectivity index (χ4v) is 4.33. The lowest BCUT2D eigenvalue weighted by Gasteiger charge is -2.40. The third-order valence-electron chi connectivity index (χ3n) is 5.58. The molecule has 5 nitrogen and oxygen atoms in total. The summed E-state index contributed by atoms with van der Waals surface area (Å²) in [5.41, 5.74) is 1.40. The number of nitrogens with zero attached hydrogens (tertiary/aromatic N) is 3. The zero-order valence-corrected chi connectivity index (χ0v) is 14.5. The molecule has 1 aromatic heterocycles. The standard InChI is InChI=1S/C19H22F2N4O/c20-15-3-2-14(8-16(15)21)10-24-6-1-4-19(11-24)5-7-25(12-19)18(26)17-9-22-13-23-17/h2-3,8-9,13H,1,4-7,10-12H2,(H,22,23). The molecular formula is C19H22F2N4O. The van der Waals surface area contributed by atoms with Crippen LogP contribution in [-0.4, -0.2) is 51.9 Å². The highest BCUT2D eigenvalue weighted by Crippen LogP contribution is 2.39. The maximum absolute atomic E-state index is 13.5. The van der Waals surface area contributed by atoms with Crippen molar-refractivity contribution in [3.05, 3.63) is 53.6 Å². The first kappa shape index (κ1) is 17.1. The number of aromatic amines is 1. The van der Waals surface area contributed by atoms with E-state index in [1.165, 1.54) is 18.5 Å². The average molecular weight is 360 g/mol. The first-order chi connectivity index (χ1) is 12.5. The molecule has 4 rings (SSSR count). The summed E-state index contributed by atoms with van der Waals surface area (Å²) >= 11 is 0. The van der Waals surface area contributed by atoms with Crippen molar-refractivity contribution in [3.63, 3.8) is 0 Å². The number of carbonyl (C=O) groups excluding carboxylic acids is 1. The van der Waals surface area contributed by atoms with Gasteiger partial charge in [0.1, 0.15) is 5.69 Å². The van der Waals surface area contributed by atoms with Crippen LogP contribution in [0, 0.1) is 17.0 Å². The van der Waals surface area contributed by atoms with E-state index in [4.69, 9.17) is 0 Å². The van der Waals surface area contributed by atoms with Crippen molar-refractivity contribution in [1.29, 1.82) is 0 Å². The minimum absolute atomic E-state index is 0.00268. The molecular weight excluding hydrogens is 338 g/mol. The highest BCUT2D eigenvalue weighted by atomic mass is 19.2. The lowest BCUT2D eigenvalue weighted by Crippen LogP contribution is -2.45. The van der Waals surface area contributed by atoms with Crippen LogP contribution in [0.3, 0.4) is 0 Å². The first-order valence-corrected chi connectivity index (χ1v) is 8.99. The lowest BCUT2D eigenvalue weighted by atomic mass is 9.79. The Bertz CT molecular complexity index is 795. The van der Waals surface area contributed by atoms with Crippen LogP contribution in [0.2, 0.25) is 0 Å². The lowest BCUT2D eigenvalue weighted by molar-refractivity contribution is 0.0671. The molecule has 2 aliphatic heterocycles. The molecule has 7 heteroatoms. The summed E-state index contributed by atoms with van der Waals surface area (Å²) in [6.45, 7) is 3.90. The minimum atomic E-state index is -0.812. The molecule has 0 aliphatic carbocycles. The van der Waals surface area contributed by atoms with Gasteiger partial charge in [-0.1, -0.05) is 6.07 Å². The van der Waals surface area contributed by atoms with Gasteiger partial charge in [-0.2, -0.15) is 0 Å². The molecule has 1 aromatic carbocycles. The predicted octanol–water partition coefficient (Wildman–Crippen LogP) is 2.82. The Balaban J connectivity index is 1.41. The van der Waals surface area contributed by atoms with Gasteiger partial charge in [-0.15, -0.1) is 0 Å². The van der Waals surface area contributed by atoms with E-state index in [2.05, 4.69) is 14.9 Å². The van der Waals surface area contributed by atoms with Crippen molar-refractivity contribution in [3.8, 4) is 0 Å². The zero-order valence-electron chi connectivity index (χ0n) is 14.5. The van der Waals surface area contributed by atoms with E-state index in [1.807, 2.05) is 4.90 Å². The van der Waals surface area contributed by atoms with E-state index in [0.29, 0.717) is 12.2 Å². The van der Waals surface area contributed by atoms with Gasteiger partial charge in [-0.25, -0.2) is 13.8 Å². The largest absolute Gasteiger partial charge is 0.341 e. The number of carbonyl (C=O) groups is 1. The number of aromatic nitrogens is 2. The minimum Gasteiger partial charge on any atom is -0.341 e. The van der Waals surface area contributed by atoms with Gasteiger partial charge in [-0.05, 0) is 43.5 Å². The SMILES string of the molecule is O=C(c1cnc[nH]1)N1CCC2(CCCN(Cc3ccc(F)c(F)c3)C2)C1. The molecule has 1 spiro atoms. The summed E-state index contributed by atoms with van der Waals surface area (Å²) in [5, 5.41) is 0. The second kappa shape index (κ2) is 6.79. The zero-order chi connectivity index (χ0) is 18.1. The molecule has 1 unspecified atom stereocenters. The summed E-state index contributed by atoms with van der Waals surface area (Å²) in [6, 6.07) is 4.10. The van der Waals surface area contributed by atoms with Crippen LogP contribution in [0.1, 0.15) is 35.3 Å². The maximum atomic E-state index is 13.5. The van der Waals surface area contributed by atoms with Gasteiger partial charge in [0.15, 0.2) is 11.6 Å². The summed E-state index contributed by atoms with van der Waals surface area (Å²) in [5.74, 6) is -1.61. The van der Waals surface area contributed by atoms with Crippen LogP contribution >= 0.6 is 0 Å². The first-order valence-electron chi connectivity index (χ1n) is 8.99. The number of piperidine rings is 1. The molecule has 2 saturated heterocycles. The normalized spacial score (nSPS) is 23.7. The number of hydrogen-bond donors (Lipinski definition) is 1. The smallest absolute Gasteiger partial charge is 0.271 e. The van der Waals surface area contributed by atoms with Gasteiger partial charge >= 0.3 is 0 Å². The molecule has 0 saturated carbocycles. The quantitative estimate of drug-likeness (QED) is 0.916. The summed E-state index contributed by atoms with van der Waals surface area (Å²) in [4.78, 5) is 23.5. The molecule has 1 N–H and O–H groups in total. The summed E-state index contributed by atoms with van der Waals surface area (Å²) in [7, 11) is 0. The van der Waals surface area contributed by atoms with Crippen LogP contribution in [0.4, 0.5) is 8.78 Å². The third kappa shape index (κ3) is 3.35. The molecule has 3 heterocycles. The third-order valence-corrected chi connectivity index (χ3v) is 5.58. The van der Waals surface area contributed by atoms with Crippen molar-refractivity contribution >= 4 is 5.91 Å². The number of rotatable bonds is 3. The highest BCUT2D eigenvalue weighted by Gasteiger charge is 2.43. The van der Waals surface area contributed by atoms with Crippen LogP contribution < -0.4 is 0 Å². The van der Waals surface area contributed by atoms with E-state index in [0.717, 1.165) is 51.0 Å². The van der Waals surface area contributed by atoms with E-state index < -0.39 is 11.6 Å². The molecule has 2 aromatic rings. The second-order valence-corrected chi connectivity index (χ2v) is 7.50. The fraction of sp³-hybridized carbons (Fsp3) is 0.474. The Morgan fingerprint density at radius 2 is 2.08 bits per heavy atom. The fourth-order valence-electron chi connectivity index (χ4n) is 4.33. The van der Waals surface area contributed by atoms with Crippen molar-refractivity contribution in [1.82, 2.24) is 19.8 Å². The van der Waals surface area contributed by atoms with E-state index in [1.54, 1.807) is 12.3 Å². The van der Waals surface area contributed by atoms with E-state index >= 15 is 0 Å². The molecule has 26 heavy (non-hydrogen) atoms. The number of H-pyrrole nitrogens is 1. The van der Waals surface area contributed by atoms with Crippen LogP contribution in [0.25, 0.3) is 0 Å². The van der Waals surface area contributed by atoms with Gasteiger partial charge in [0.05, 0.1) is 12.5 Å². The van der Waals surface area contributed by atoms with Crippen LogP contribution in [0.15, 0.2) is 30.7 Å². The Labute approximate surface area is 151 Å². The van der Waals surface area contributed by atoms with Gasteiger partial charge in [0.2, 0.25) is 0 Å². The molecule has 138 valence electrons. The predicted molar refractivity (Wildman–Crippen MR) is 92.4 cm³/mol. The van der Waals surface area contributed by atoms with Crippen LogP contribution in [-0.2, 0) is 6.54 Å². The van der Waals surface area contributed by atoms with Gasteiger partial charge in [-0.3, -0.25) is 9.69 Å². The number of amides is 1. The molecule has 2 aliphatic rings. The van der Waals surface area contributed by atoms with Gasteiger partial charge in [0, 0.05) is 31.6 Å². The Hall–Kier alpha value is -2.28. The molecule has 1 atom stereocenters. The van der Waals surface area contributed by atoms with E-state index in [-0.39, 0.29) is 11.3 Å². The van der Waals surface area contributed by atoms with Gasteiger partial charge < -0.3 is 9.88 Å². The maximum Gasteiger partial charge on any atom is 0.271 e. The number of benzene rings is 1. The highest BCUT2D eigenvalue weighted by molar-refractivity contribution is 5.92. The Kier molecular flexibility index (Phi) is 4.48. The average Bonchev–Trinajstić information content (AvgIpc) is 3.28. The summed E-state index contributed by atoms with van der Waals surface area (Å²) in [6.07, 6.45) is 6.19. The van der Waals surface area contributed by atoms with E-state index in [9.17, 15) is 13.6 Å². The Morgan fingerprint density at radius 3 is 2.85 bits per heavy atom. The van der Waals surface area contributed by atoms with Crippen molar-refractivity contribution in [2.45, 2.75) is 25.8 Å². The number of likely N-dealkylation sites (tertiary alicyclic amines) is 2. The topological polar surface area (TPSA) is 52.2 Å². The number of halogens is 2.